The fourth-order valence-corrected chi connectivity index (χ4v) is 2.41. The molecule has 0 aliphatic heterocycles. The van der Waals surface area contributed by atoms with Gasteiger partial charge in [0.05, 0.1) is 0 Å². The highest BCUT2D eigenvalue weighted by molar-refractivity contribution is 7.98. The van der Waals surface area contributed by atoms with E-state index in [4.69, 9.17) is 16.0 Å². The SMILES string of the molecule is CC(C)[C@H]([NH3+])c1nnc(SCc2cccc(Cl)c2)o1. The molecule has 3 N–H and O–H groups in total. The van der Waals surface area contributed by atoms with Gasteiger partial charge in [0, 0.05) is 16.7 Å². The van der Waals surface area contributed by atoms with Gasteiger partial charge in [-0.15, -0.1) is 10.2 Å². The van der Waals surface area contributed by atoms with E-state index in [1.54, 1.807) is 0 Å². The van der Waals surface area contributed by atoms with Crippen LogP contribution in [0.5, 0.6) is 0 Å². The second kappa shape index (κ2) is 6.41. The Morgan fingerprint density at radius 1 is 1.37 bits per heavy atom. The van der Waals surface area contributed by atoms with Crippen LogP contribution < -0.4 is 5.73 Å². The molecular formula is C13H17ClN3OS+. The third-order valence-corrected chi connectivity index (χ3v) is 3.92. The zero-order valence-corrected chi connectivity index (χ0v) is 12.5. The Morgan fingerprint density at radius 2 is 2.16 bits per heavy atom. The minimum atomic E-state index is 0.0352. The second-order valence-electron chi connectivity index (χ2n) is 4.68. The average molecular weight is 299 g/mol. The Kier molecular flexibility index (Phi) is 4.85. The molecule has 0 aliphatic rings. The summed E-state index contributed by atoms with van der Waals surface area (Å²) in [6.07, 6.45) is 0. The van der Waals surface area contributed by atoms with Gasteiger partial charge in [-0.25, -0.2) is 0 Å². The molecule has 0 aliphatic carbocycles. The summed E-state index contributed by atoms with van der Waals surface area (Å²) >= 11 is 7.44. The minimum absolute atomic E-state index is 0.0352. The molecule has 0 fully saturated rings. The number of rotatable bonds is 5. The van der Waals surface area contributed by atoms with Gasteiger partial charge in [-0.1, -0.05) is 49.3 Å². The Morgan fingerprint density at radius 3 is 2.84 bits per heavy atom. The van der Waals surface area contributed by atoms with E-state index in [-0.39, 0.29) is 6.04 Å². The Balaban J connectivity index is 1.97. The number of nitrogens with zero attached hydrogens (tertiary/aromatic N) is 2. The lowest BCUT2D eigenvalue weighted by Gasteiger charge is -2.05. The summed E-state index contributed by atoms with van der Waals surface area (Å²) in [5.74, 6) is 1.74. The minimum Gasteiger partial charge on any atom is -0.410 e. The van der Waals surface area contributed by atoms with E-state index in [0.29, 0.717) is 17.0 Å². The predicted octanol–water partition coefficient (Wildman–Crippen LogP) is 2.95. The van der Waals surface area contributed by atoms with Crippen LogP contribution in [0.2, 0.25) is 5.02 Å². The first kappa shape index (κ1) is 14.4. The predicted molar refractivity (Wildman–Crippen MR) is 75.8 cm³/mol. The number of hydrogen-bond donors (Lipinski definition) is 1. The molecule has 1 atom stereocenters. The van der Waals surface area contributed by atoms with E-state index in [1.165, 1.54) is 11.8 Å². The van der Waals surface area contributed by atoms with E-state index >= 15 is 0 Å². The van der Waals surface area contributed by atoms with Crippen molar-refractivity contribution >= 4 is 23.4 Å². The molecule has 2 rings (SSSR count). The summed E-state index contributed by atoms with van der Waals surface area (Å²) in [6, 6.07) is 7.78. The van der Waals surface area contributed by atoms with Crippen LogP contribution in [0.3, 0.4) is 0 Å². The topological polar surface area (TPSA) is 66.6 Å². The van der Waals surface area contributed by atoms with Crippen LogP contribution in [-0.2, 0) is 5.75 Å². The average Bonchev–Trinajstić information content (AvgIpc) is 2.84. The molecule has 0 saturated heterocycles. The van der Waals surface area contributed by atoms with Crippen molar-refractivity contribution in [2.45, 2.75) is 30.9 Å². The molecule has 1 aromatic heterocycles. The van der Waals surface area contributed by atoms with Crippen LogP contribution in [0, 0.1) is 5.92 Å². The van der Waals surface area contributed by atoms with E-state index in [2.05, 4.69) is 29.8 Å². The molecule has 4 nitrogen and oxygen atoms in total. The molecule has 0 unspecified atom stereocenters. The molecule has 1 heterocycles. The smallest absolute Gasteiger partial charge is 0.277 e. The maximum absolute atomic E-state index is 5.94. The van der Waals surface area contributed by atoms with Crippen molar-refractivity contribution in [2.24, 2.45) is 5.92 Å². The Labute approximate surface area is 121 Å². The summed E-state index contributed by atoms with van der Waals surface area (Å²) in [5, 5.41) is 9.38. The summed E-state index contributed by atoms with van der Waals surface area (Å²) in [5.41, 5.74) is 5.16. The van der Waals surface area contributed by atoms with Crippen molar-refractivity contribution in [1.29, 1.82) is 0 Å². The van der Waals surface area contributed by atoms with Crippen LogP contribution in [0.4, 0.5) is 0 Å². The van der Waals surface area contributed by atoms with E-state index < -0.39 is 0 Å². The van der Waals surface area contributed by atoms with Gasteiger partial charge in [0.2, 0.25) is 0 Å². The van der Waals surface area contributed by atoms with Crippen LogP contribution in [0.1, 0.15) is 31.3 Å². The summed E-state index contributed by atoms with van der Waals surface area (Å²) < 4.78 is 5.60. The number of benzene rings is 1. The van der Waals surface area contributed by atoms with Gasteiger partial charge >= 0.3 is 0 Å². The highest BCUT2D eigenvalue weighted by atomic mass is 35.5. The van der Waals surface area contributed by atoms with E-state index in [9.17, 15) is 0 Å². The van der Waals surface area contributed by atoms with Crippen molar-refractivity contribution in [3.05, 3.63) is 40.7 Å². The number of aromatic nitrogens is 2. The maximum atomic E-state index is 5.94. The molecular weight excluding hydrogens is 282 g/mol. The lowest BCUT2D eigenvalue weighted by molar-refractivity contribution is -0.443. The molecule has 102 valence electrons. The van der Waals surface area contributed by atoms with Crippen molar-refractivity contribution < 1.29 is 10.2 Å². The number of halogens is 1. The van der Waals surface area contributed by atoms with Crippen molar-refractivity contribution in [1.82, 2.24) is 10.2 Å². The Bertz CT molecular complexity index is 544. The van der Waals surface area contributed by atoms with Crippen LogP contribution in [-0.4, -0.2) is 10.2 Å². The van der Waals surface area contributed by atoms with Gasteiger partial charge in [0.1, 0.15) is 0 Å². The quantitative estimate of drug-likeness (QED) is 0.862. The lowest BCUT2D eigenvalue weighted by Crippen LogP contribution is -2.56. The molecule has 0 bridgehead atoms. The molecule has 2 aromatic rings. The van der Waals surface area contributed by atoms with Gasteiger partial charge in [-0.2, -0.15) is 0 Å². The molecule has 0 saturated carbocycles. The lowest BCUT2D eigenvalue weighted by atomic mass is 10.1. The Hall–Kier alpha value is -1.04. The first-order valence-corrected chi connectivity index (χ1v) is 7.46. The van der Waals surface area contributed by atoms with Gasteiger partial charge in [-0.3, -0.25) is 0 Å². The number of hydrogen-bond acceptors (Lipinski definition) is 4. The third-order valence-electron chi connectivity index (χ3n) is 2.80. The first-order valence-electron chi connectivity index (χ1n) is 6.10. The van der Waals surface area contributed by atoms with Crippen molar-refractivity contribution in [3.8, 4) is 0 Å². The van der Waals surface area contributed by atoms with E-state index in [1.807, 2.05) is 24.3 Å². The van der Waals surface area contributed by atoms with Gasteiger partial charge in [0.15, 0.2) is 6.04 Å². The van der Waals surface area contributed by atoms with Crippen LogP contribution >= 0.6 is 23.4 Å². The van der Waals surface area contributed by atoms with Gasteiger partial charge in [0.25, 0.3) is 11.1 Å². The van der Waals surface area contributed by atoms with Gasteiger partial charge < -0.3 is 10.2 Å². The summed E-state index contributed by atoms with van der Waals surface area (Å²) in [7, 11) is 0. The molecule has 0 radical (unpaired) electrons. The normalized spacial score (nSPS) is 12.9. The fraction of sp³-hybridized carbons (Fsp3) is 0.385. The summed E-state index contributed by atoms with van der Waals surface area (Å²) in [4.78, 5) is 0. The first-order chi connectivity index (χ1) is 9.06. The van der Waals surface area contributed by atoms with Crippen molar-refractivity contribution in [2.75, 3.05) is 0 Å². The van der Waals surface area contributed by atoms with Crippen molar-refractivity contribution in [3.63, 3.8) is 0 Å². The largest absolute Gasteiger partial charge is 0.410 e. The number of quaternary nitrogens is 1. The van der Waals surface area contributed by atoms with Crippen LogP contribution in [0.15, 0.2) is 33.9 Å². The zero-order valence-electron chi connectivity index (χ0n) is 11.0. The van der Waals surface area contributed by atoms with E-state index in [0.717, 1.165) is 16.3 Å². The molecule has 0 amide bonds. The van der Waals surface area contributed by atoms with Gasteiger partial charge in [-0.05, 0) is 17.7 Å². The second-order valence-corrected chi connectivity index (χ2v) is 6.04. The molecule has 0 spiro atoms. The van der Waals surface area contributed by atoms with Crippen LogP contribution in [0.25, 0.3) is 0 Å². The third kappa shape index (κ3) is 3.96. The standard InChI is InChI=1S/C13H16ClN3OS/c1-8(2)11(15)12-16-17-13(18-12)19-7-9-4-3-5-10(14)6-9/h3-6,8,11H,7,15H2,1-2H3/p+1/t11-/m0/s1. The summed E-state index contributed by atoms with van der Waals surface area (Å²) in [6.45, 7) is 4.17. The number of thioether (sulfide) groups is 1. The molecule has 6 heteroatoms. The molecule has 19 heavy (non-hydrogen) atoms. The zero-order chi connectivity index (χ0) is 13.8. The monoisotopic (exact) mass is 298 g/mol. The fourth-order valence-electron chi connectivity index (χ4n) is 1.49. The molecule has 1 aromatic carbocycles. The highest BCUT2D eigenvalue weighted by Gasteiger charge is 2.21. The maximum Gasteiger partial charge on any atom is 0.277 e. The highest BCUT2D eigenvalue weighted by Crippen LogP contribution is 2.25.